The molecule has 0 bridgehead atoms. The second kappa shape index (κ2) is 8.11. The number of nitrogens with one attached hydrogen (secondary N) is 2. The van der Waals surface area contributed by atoms with Gasteiger partial charge in [-0.15, -0.1) is 0 Å². The maximum atomic E-state index is 12.1. The topological polar surface area (TPSA) is 102 Å². The molecule has 0 aliphatic carbocycles. The van der Waals surface area contributed by atoms with Crippen molar-refractivity contribution in [2.24, 2.45) is 5.10 Å². The summed E-state index contributed by atoms with van der Waals surface area (Å²) in [5.74, 6) is 0.648. The second-order valence-corrected chi connectivity index (χ2v) is 5.61. The minimum absolute atomic E-state index is 0.0467. The fourth-order valence-corrected chi connectivity index (χ4v) is 2.31. The lowest BCUT2D eigenvalue weighted by Crippen LogP contribution is -2.21. The quantitative estimate of drug-likeness (QED) is 0.631. The maximum Gasteiger partial charge on any atom is 0.271 e. The molecule has 26 heavy (non-hydrogen) atoms. The van der Waals surface area contributed by atoms with E-state index in [1.165, 1.54) is 12.4 Å². The Hall–Kier alpha value is -3.42. The van der Waals surface area contributed by atoms with Gasteiger partial charge in [-0.3, -0.25) is 14.6 Å². The van der Waals surface area contributed by atoms with Crippen molar-refractivity contribution in [3.8, 4) is 11.5 Å². The third kappa shape index (κ3) is 4.56. The van der Waals surface area contributed by atoms with Crippen molar-refractivity contribution in [3.05, 3.63) is 48.3 Å². The number of pyridine rings is 1. The minimum atomic E-state index is -0.362. The molecule has 134 valence electrons. The summed E-state index contributed by atoms with van der Waals surface area (Å²) in [6, 6.07) is 8.36. The van der Waals surface area contributed by atoms with E-state index in [9.17, 15) is 9.59 Å². The largest absolute Gasteiger partial charge is 0.486 e. The number of carbonyl (C=O) groups excluding carboxylic acids is 2. The highest BCUT2D eigenvalue weighted by Gasteiger charge is 2.13. The average molecular weight is 354 g/mol. The number of ether oxygens (including phenoxy) is 2. The molecule has 0 saturated heterocycles. The Kier molecular flexibility index (Phi) is 5.43. The van der Waals surface area contributed by atoms with Crippen molar-refractivity contribution in [1.29, 1.82) is 0 Å². The molecule has 2 aromatic rings. The van der Waals surface area contributed by atoms with Crippen LogP contribution in [0.3, 0.4) is 0 Å². The monoisotopic (exact) mass is 354 g/mol. The Morgan fingerprint density at radius 1 is 1.12 bits per heavy atom. The molecule has 0 atom stereocenters. The number of anilines is 1. The second-order valence-electron chi connectivity index (χ2n) is 5.61. The smallest absolute Gasteiger partial charge is 0.271 e. The Morgan fingerprint density at radius 2 is 1.85 bits per heavy atom. The SMILES string of the molecule is C/C(CC(=O)Nc1ccc2c(c1)OCCO2)=N\NC(=O)c1ccncc1. The number of nitrogens with zero attached hydrogens (tertiary/aromatic N) is 2. The Balaban J connectivity index is 1.53. The van der Waals surface area contributed by atoms with Gasteiger partial charge < -0.3 is 14.8 Å². The van der Waals surface area contributed by atoms with Gasteiger partial charge in [0.2, 0.25) is 5.91 Å². The third-order valence-electron chi connectivity index (χ3n) is 3.53. The lowest BCUT2D eigenvalue weighted by atomic mass is 10.2. The summed E-state index contributed by atoms with van der Waals surface area (Å²) in [5, 5.41) is 6.71. The summed E-state index contributed by atoms with van der Waals surface area (Å²) >= 11 is 0. The Labute approximate surface area is 150 Å². The number of carbonyl (C=O) groups is 2. The number of benzene rings is 1. The summed E-state index contributed by atoms with van der Waals surface area (Å²) < 4.78 is 10.9. The van der Waals surface area contributed by atoms with Crippen LogP contribution in [0.4, 0.5) is 5.69 Å². The van der Waals surface area contributed by atoms with Gasteiger partial charge in [0.05, 0.1) is 6.42 Å². The first kappa shape index (κ1) is 17.4. The van der Waals surface area contributed by atoms with Gasteiger partial charge >= 0.3 is 0 Å². The third-order valence-corrected chi connectivity index (χ3v) is 3.53. The van der Waals surface area contributed by atoms with Gasteiger partial charge in [0.15, 0.2) is 11.5 Å². The highest BCUT2D eigenvalue weighted by Crippen LogP contribution is 2.32. The molecular formula is C18H18N4O4. The predicted octanol–water partition coefficient (Wildman–Crippen LogP) is 1.99. The molecule has 1 aromatic heterocycles. The first-order valence-electron chi connectivity index (χ1n) is 8.05. The van der Waals surface area contributed by atoms with E-state index < -0.39 is 0 Å². The molecular weight excluding hydrogens is 336 g/mol. The molecule has 2 heterocycles. The fraction of sp³-hybridized carbons (Fsp3) is 0.222. The summed E-state index contributed by atoms with van der Waals surface area (Å²) in [6.45, 7) is 2.66. The number of hydrazone groups is 1. The summed E-state index contributed by atoms with van der Waals surface area (Å²) in [7, 11) is 0. The van der Waals surface area contributed by atoms with Crippen LogP contribution < -0.4 is 20.2 Å². The number of hydrogen-bond acceptors (Lipinski definition) is 6. The van der Waals surface area contributed by atoms with Crippen LogP contribution in [0.25, 0.3) is 0 Å². The zero-order valence-electron chi connectivity index (χ0n) is 14.2. The molecule has 1 aromatic carbocycles. The van der Waals surface area contributed by atoms with Crippen LogP contribution in [0.5, 0.6) is 11.5 Å². The van der Waals surface area contributed by atoms with Gasteiger partial charge in [0.1, 0.15) is 13.2 Å². The molecule has 0 fully saturated rings. The molecule has 8 nitrogen and oxygen atoms in total. The summed E-state index contributed by atoms with van der Waals surface area (Å²) in [6.07, 6.45) is 3.09. The van der Waals surface area contributed by atoms with Gasteiger partial charge in [-0.1, -0.05) is 0 Å². The zero-order valence-corrected chi connectivity index (χ0v) is 14.2. The van der Waals surface area contributed by atoms with Crippen molar-refractivity contribution in [3.63, 3.8) is 0 Å². The molecule has 8 heteroatoms. The van der Waals surface area contributed by atoms with Crippen molar-refractivity contribution >= 4 is 23.2 Å². The number of hydrogen-bond donors (Lipinski definition) is 2. The van der Waals surface area contributed by atoms with E-state index >= 15 is 0 Å². The molecule has 0 saturated carbocycles. The first-order valence-corrected chi connectivity index (χ1v) is 8.05. The molecule has 3 rings (SSSR count). The number of fused-ring (bicyclic) bond motifs is 1. The standard InChI is InChI=1S/C18H18N4O4/c1-12(21-22-18(24)13-4-6-19-7-5-13)10-17(23)20-14-2-3-15-16(11-14)26-9-8-25-15/h2-7,11H,8-10H2,1H3,(H,20,23)(H,22,24)/b21-12+. The van der Waals surface area contributed by atoms with Crippen molar-refractivity contribution < 1.29 is 19.1 Å². The molecule has 2 N–H and O–H groups in total. The molecule has 1 aliphatic rings. The van der Waals surface area contributed by atoms with Crippen LogP contribution in [0.2, 0.25) is 0 Å². The van der Waals surface area contributed by atoms with Gasteiger partial charge in [0.25, 0.3) is 5.91 Å². The molecule has 0 radical (unpaired) electrons. The van der Waals surface area contributed by atoms with Crippen LogP contribution in [0.1, 0.15) is 23.7 Å². The van der Waals surface area contributed by atoms with E-state index in [4.69, 9.17) is 9.47 Å². The number of rotatable bonds is 5. The van der Waals surface area contributed by atoms with E-state index in [1.807, 2.05) is 0 Å². The molecule has 1 aliphatic heterocycles. The summed E-state index contributed by atoms with van der Waals surface area (Å²) in [4.78, 5) is 27.9. The van der Waals surface area contributed by atoms with E-state index in [0.717, 1.165) is 0 Å². The van der Waals surface area contributed by atoms with Gasteiger partial charge in [-0.25, -0.2) is 5.43 Å². The number of aromatic nitrogens is 1. The minimum Gasteiger partial charge on any atom is -0.486 e. The van der Waals surface area contributed by atoms with Crippen LogP contribution in [-0.2, 0) is 4.79 Å². The molecule has 0 spiro atoms. The van der Waals surface area contributed by atoms with Gasteiger partial charge in [-0.2, -0.15) is 5.10 Å². The van der Waals surface area contributed by atoms with Crippen LogP contribution in [0, 0.1) is 0 Å². The maximum absolute atomic E-state index is 12.1. The van der Waals surface area contributed by atoms with Crippen LogP contribution in [-0.4, -0.2) is 35.7 Å². The average Bonchev–Trinajstić information content (AvgIpc) is 2.66. The van der Waals surface area contributed by atoms with Crippen LogP contribution in [0.15, 0.2) is 47.8 Å². The molecule has 0 unspecified atom stereocenters. The van der Waals surface area contributed by atoms with Crippen molar-refractivity contribution in [2.45, 2.75) is 13.3 Å². The van der Waals surface area contributed by atoms with Crippen LogP contribution >= 0.6 is 0 Å². The van der Waals surface area contributed by atoms with Gasteiger partial charge in [0, 0.05) is 35.4 Å². The van der Waals surface area contributed by atoms with Crippen molar-refractivity contribution in [2.75, 3.05) is 18.5 Å². The highest BCUT2D eigenvalue weighted by molar-refractivity contribution is 6.06. The normalized spacial score (nSPS) is 13.0. The highest BCUT2D eigenvalue weighted by atomic mass is 16.6. The Bertz CT molecular complexity index is 836. The fourth-order valence-electron chi connectivity index (χ4n) is 2.31. The van der Waals surface area contributed by atoms with E-state index in [-0.39, 0.29) is 18.2 Å². The lowest BCUT2D eigenvalue weighted by Gasteiger charge is -2.19. The lowest BCUT2D eigenvalue weighted by molar-refractivity contribution is -0.115. The first-order chi connectivity index (χ1) is 12.6. The predicted molar refractivity (Wildman–Crippen MR) is 95.5 cm³/mol. The van der Waals surface area contributed by atoms with E-state index in [1.54, 1.807) is 37.3 Å². The van der Waals surface area contributed by atoms with Crippen molar-refractivity contribution in [1.82, 2.24) is 10.4 Å². The number of amides is 2. The molecule has 2 amide bonds. The van der Waals surface area contributed by atoms with E-state index in [2.05, 4.69) is 20.8 Å². The van der Waals surface area contributed by atoms with E-state index in [0.29, 0.717) is 41.7 Å². The Morgan fingerprint density at radius 3 is 2.62 bits per heavy atom. The zero-order chi connectivity index (χ0) is 18.4. The summed E-state index contributed by atoms with van der Waals surface area (Å²) in [5.41, 5.74) is 3.93. The van der Waals surface area contributed by atoms with Gasteiger partial charge in [-0.05, 0) is 31.2 Å².